The van der Waals surface area contributed by atoms with Crippen LogP contribution in [0, 0.1) is 5.82 Å². The van der Waals surface area contributed by atoms with Gasteiger partial charge in [-0.2, -0.15) is 0 Å². The zero-order chi connectivity index (χ0) is 28.9. The van der Waals surface area contributed by atoms with Crippen molar-refractivity contribution in [3.05, 3.63) is 59.1 Å². The smallest absolute Gasteiger partial charge is 0.219 e. The average Bonchev–Trinajstić information content (AvgIpc) is 2.89. The lowest BCUT2D eigenvalue weighted by molar-refractivity contribution is -0.119. The highest BCUT2D eigenvalue weighted by Gasteiger charge is 2.27. The highest BCUT2D eigenvalue weighted by molar-refractivity contribution is 7.99. The van der Waals surface area contributed by atoms with Gasteiger partial charge in [0.25, 0.3) is 0 Å². The minimum atomic E-state index is -1.24. The van der Waals surface area contributed by atoms with Crippen LogP contribution in [0.15, 0.2) is 47.6 Å². The third-order valence-corrected chi connectivity index (χ3v) is 10.2. The Kier molecular flexibility index (Phi) is 10.2. The molecule has 12 heteroatoms. The van der Waals surface area contributed by atoms with Gasteiger partial charge in [0.05, 0.1) is 23.1 Å². The number of nitrogens with one attached hydrogen (secondary N) is 1. The van der Waals surface area contributed by atoms with Gasteiger partial charge in [-0.05, 0) is 55.2 Å². The number of amides is 1. The number of nitrogens with two attached hydrogens (primary N) is 1. The highest BCUT2D eigenvalue weighted by atomic mass is 35.5. The molecule has 40 heavy (non-hydrogen) atoms. The third-order valence-electron chi connectivity index (χ3n) is 6.83. The maximum atomic E-state index is 14.7. The molecule has 1 aliphatic rings. The molecule has 1 amide bonds. The Bertz CT molecular complexity index is 1330. The summed E-state index contributed by atoms with van der Waals surface area (Å²) >= 11 is 7.79. The van der Waals surface area contributed by atoms with E-state index in [4.69, 9.17) is 17.3 Å². The van der Waals surface area contributed by atoms with Crippen LogP contribution < -0.4 is 11.1 Å². The number of hydrogen-bond donors (Lipinski definition) is 2. The second-order valence-corrected chi connectivity index (χ2v) is 18.5. The number of primary amides is 1. The molecule has 2 aromatic heterocycles. The molecule has 3 heterocycles. The van der Waals surface area contributed by atoms with E-state index in [0.717, 1.165) is 54.4 Å². The lowest BCUT2D eigenvalue weighted by Gasteiger charge is -2.37. The van der Waals surface area contributed by atoms with Gasteiger partial charge in [-0.3, -0.25) is 14.7 Å². The van der Waals surface area contributed by atoms with E-state index in [0.29, 0.717) is 16.4 Å². The molecule has 3 N–H and O–H groups in total. The molecule has 3 aromatic rings. The van der Waals surface area contributed by atoms with Gasteiger partial charge in [0.2, 0.25) is 5.91 Å². The van der Waals surface area contributed by atoms with Crippen LogP contribution >= 0.6 is 23.4 Å². The van der Waals surface area contributed by atoms with Crippen LogP contribution in [0.25, 0.3) is 11.3 Å². The van der Waals surface area contributed by atoms with E-state index >= 15 is 0 Å². The molecule has 1 saturated heterocycles. The van der Waals surface area contributed by atoms with Gasteiger partial charge in [0.15, 0.2) is 0 Å². The van der Waals surface area contributed by atoms with Gasteiger partial charge in [-0.25, -0.2) is 4.39 Å². The number of halogens is 2. The Morgan fingerprint density at radius 2 is 1.90 bits per heavy atom. The van der Waals surface area contributed by atoms with E-state index in [9.17, 15) is 9.18 Å². The fraction of sp³-hybridized carbons (Fsp3) is 0.429. The number of anilines is 2. The summed E-state index contributed by atoms with van der Waals surface area (Å²) in [5.74, 6) is 0.128. The predicted molar refractivity (Wildman–Crippen MR) is 164 cm³/mol. The SMILES string of the molecule is CN1CCN(C(CC(N)=O)c2cc(Nc3cc(-c4cc(Cl)ccc4F)nnc3SCC[Si](C)(C)C)ccn2)CC1. The van der Waals surface area contributed by atoms with Crippen molar-refractivity contribution >= 4 is 48.7 Å². The standard InChI is InChI=1S/C28H37ClFN7OSSi/c1-36-9-11-37(12-10-36)26(18-27(31)38)24-16-20(7-8-32-24)33-25-17-23(21-15-19(29)5-6-22(21)30)34-35-28(25)39-13-14-40(2,3)4/h5-8,15-17,26H,9-14,18H2,1-4H3,(H2,31,38)(H,32,33,34). The monoisotopic (exact) mass is 601 g/mol. The van der Waals surface area contributed by atoms with Gasteiger partial charge >= 0.3 is 0 Å². The summed E-state index contributed by atoms with van der Waals surface area (Å²) in [6, 6.07) is 10.9. The number of carbonyl (C=O) groups is 1. The Balaban J connectivity index is 1.66. The Hall–Kier alpha value is -2.57. The number of piperazine rings is 1. The number of thioether (sulfide) groups is 1. The summed E-state index contributed by atoms with van der Waals surface area (Å²) in [7, 11) is 0.850. The molecule has 1 fully saturated rings. The molecule has 0 aliphatic carbocycles. The lowest BCUT2D eigenvalue weighted by atomic mass is 10.1. The van der Waals surface area contributed by atoms with E-state index in [1.807, 2.05) is 12.1 Å². The van der Waals surface area contributed by atoms with E-state index in [1.165, 1.54) is 12.1 Å². The summed E-state index contributed by atoms with van der Waals surface area (Å²) in [6.45, 7) is 10.5. The van der Waals surface area contributed by atoms with Crippen LogP contribution in [0.5, 0.6) is 0 Å². The molecule has 1 unspecified atom stereocenters. The Morgan fingerprint density at radius 1 is 1.15 bits per heavy atom. The number of carbonyl (C=O) groups excluding carboxylic acids is 1. The molecule has 1 aliphatic heterocycles. The zero-order valence-electron chi connectivity index (χ0n) is 23.5. The van der Waals surface area contributed by atoms with Crippen molar-refractivity contribution in [2.45, 2.75) is 43.2 Å². The van der Waals surface area contributed by atoms with Crippen molar-refractivity contribution < 1.29 is 9.18 Å². The van der Waals surface area contributed by atoms with Gasteiger partial charge in [0, 0.05) is 63.1 Å². The van der Waals surface area contributed by atoms with Crippen molar-refractivity contribution in [3.63, 3.8) is 0 Å². The minimum absolute atomic E-state index is 0.187. The second kappa shape index (κ2) is 13.4. The normalized spacial score (nSPS) is 15.7. The lowest BCUT2D eigenvalue weighted by Crippen LogP contribution is -2.46. The number of benzene rings is 1. The molecule has 0 saturated carbocycles. The van der Waals surface area contributed by atoms with Gasteiger partial charge in [-0.15, -0.1) is 22.0 Å². The molecule has 4 rings (SSSR count). The summed E-state index contributed by atoms with van der Waals surface area (Å²) in [5.41, 5.74) is 8.58. The maximum Gasteiger partial charge on any atom is 0.219 e. The molecule has 214 valence electrons. The number of aromatic nitrogens is 3. The predicted octanol–water partition coefficient (Wildman–Crippen LogP) is 5.67. The summed E-state index contributed by atoms with van der Waals surface area (Å²) in [6.07, 6.45) is 1.92. The van der Waals surface area contributed by atoms with Crippen LogP contribution in [0.2, 0.25) is 30.7 Å². The summed E-state index contributed by atoms with van der Waals surface area (Å²) < 4.78 is 14.7. The average molecular weight is 602 g/mol. The highest BCUT2D eigenvalue weighted by Crippen LogP contribution is 2.34. The quantitative estimate of drug-likeness (QED) is 0.214. The fourth-order valence-electron chi connectivity index (χ4n) is 4.46. The molecule has 0 radical (unpaired) electrons. The second-order valence-electron chi connectivity index (χ2n) is 11.4. The summed E-state index contributed by atoms with van der Waals surface area (Å²) in [4.78, 5) is 21.1. The topological polar surface area (TPSA) is 100 Å². The first-order chi connectivity index (χ1) is 19.0. The van der Waals surface area contributed by atoms with Crippen molar-refractivity contribution in [1.29, 1.82) is 0 Å². The van der Waals surface area contributed by atoms with E-state index < -0.39 is 13.9 Å². The van der Waals surface area contributed by atoms with Crippen LogP contribution in [0.1, 0.15) is 18.2 Å². The molecular formula is C28H37ClFN7OSSi. The van der Waals surface area contributed by atoms with Crippen LogP contribution in [-0.2, 0) is 4.79 Å². The number of hydrogen-bond acceptors (Lipinski definition) is 8. The van der Waals surface area contributed by atoms with Crippen LogP contribution in [0.4, 0.5) is 15.8 Å². The maximum absolute atomic E-state index is 14.7. The van der Waals surface area contributed by atoms with Crippen molar-refractivity contribution in [3.8, 4) is 11.3 Å². The Labute approximate surface area is 245 Å². The van der Waals surface area contributed by atoms with Gasteiger partial charge in [0.1, 0.15) is 10.8 Å². The molecule has 0 bridgehead atoms. The molecule has 1 aromatic carbocycles. The number of pyridine rings is 1. The molecule has 1 atom stereocenters. The van der Waals surface area contributed by atoms with E-state index in [1.54, 1.807) is 30.1 Å². The largest absolute Gasteiger partial charge is 0.370 e. The van der Waals surface area contributed by atoms with E-state index in [2.05, 4.69) is 57.0 Å². The van der Waals surface area contributed by atoms with Crippen molar-refractivity contribution in [2.24, 2.45) is 5.73 Å². The van der Waals surface area contributed by atoms with Gasteiger partial charge in [-0.1, -0.05) is 31.2 Å². The van der Waals surface area contributed by atoms with E-state index in [-0.39, 0.29) is 23.9 Å². The van der Waals surface area contributed by atoms with Crippen molar-refractivity contribution in [2.75, 3.05) is 44.3 Å². The molecule has 8 nitrogen and oxygen atoms in total. The first kappa shape index (κ1) is 30.4. The Morgan fingerprint density at radius 3 is 2.60 bits per heavy atom. The zero-order valence-corrected chi connectivity index (χ0v) is 26.0. The fourth-order valence-corrected chi connectivity index (χ4v) is 8.05. The van der Waals surface area contributed by atoms with Crippen molar-refractivity contribution in [1.82, 2.24) is 25.0 Å². The molecular weight excluding hydrogens is 565 g/mol. The minimum Gasteiger partial charge on any atom is -0.370 e. The number of likely N-dealkylation sites (N-methyl/N-ethyl adjacent to an activating group) is 1. The first-order valence-electron chi connectivity index (χ1n) is 13.4. The van der Waals surface area contributed by atoms with Crippen LogP contribution in [0.3, 0.4) is 0 Å². The number of rotatable bonds is 11. The van der Waals surface area contributed by atoms with Gasteiger partial charge < -0.3 is 16.0 Å². The first-order valence-corrected chi connectivity index (χ1v) is 18.5. The molecule has 0 spiro atoms. The number of nitrogens with zero attached hydrogens (tertiary/aromatic N) is 5. The van der Waals surface area contributed by atoms with Crippen LogP contribution in [-0.4, -0.2) is 77.9 Å². The third kappa shape index (κ3) is 8.47. The summed E-state index contributed by atoms with van der Waals surface area (Å²) in [5, 5.41) is 13.5.